The molecule has 86 valence electrons. The van der Waals surface area contributed by atoms with Crippen LogP contribution < -0.4 is 5.11 Å². The van der Waals surface area contributed by atoms with Gasteiger partial charge in [-0.15, -0.1) is 0 Å². The smallest absolute Gasteiger partial charge is 0.303 e. The van der Waals surface area contributed by atoms with Crippen molar-refractivity contribution in [2.45, 2.75) is 27.7 Å². The van der Waals surface area contributed by atoms with Gasteiger partial charge < -0.3 is 14.6 Å². The Morgan fingerprint density at radius 2 is 1.73 bits per heavy atom. The lowest BCUT2D eigenvalue weighted by atomic mass is 9.78. The first kappa shape index (κ1) is 13.6. The topological polar surface area (TPSA) is 83.5 Å². The molecule has 0 rings (SSSR count). The highest BCUT2D eigenvalue weighted by Crippen LogP contribution is 2.26. The molecule has 1 unspecified atom stereocenters. The lowest BCUT2D eigenvalue weighted by Gasteiger charge is -2.29. The number of carbonyl (C=O) groups excluding carboxylic acids is 3. The Bertz CT molecular complexity index is 274. The molecule has 0 aromatic carbocycles. The van der Waals surface area contributed by atoms with E-state index < -0.39 is 35.7 Å². The normalized spacial score (nSPS) is 13.1. The number of Topliss-reactive ketones (excluding diaryl/α,β-unsaturated/α-hetero) is 1. The molecule has 0 aromatic rings. The summed E-state index contributed by atoms with van der Waals surface area (Å²) in [5.41, 5.74) is -0.754. The molecule has 5 nitrogen and oxygen atoms in total. The minimum atomic E-state index is -1.44. The van der Waals surface area contributed by atoms with Crippen molar-refractivity contribution < 1.29 is 24.2 Å². The van der Waals surface area contributed by atoms with Crippen LogP contribution in [0, 0.1) is 11.3 Å². The SMILES string of the molecule is CC(=O)OCC(=O)C(C(=O)[O-])C(C)(C)C. The second-order valence-corrected chi connectivity index (χ2v) is 4.36. The van der Waals surface area contributed by atoms with Gasteiger partial charge in [-0.3, -0.25) is 9.59 Å². The van der Waals surface area contributed by atoms with Crippen molar-refractivity contribution in [2.24, 2.45) is 11.3 Å². The summed E-state index contributed by atoms with van der Waals surface area (Å²) in [6.45, 7) is 5.46. The van der Waals surface area contributed by atoms with Crippen LogP contribution in [0.15, 0.2) is 0 Å². The molecule has 0 aliphatic rings. The maximum atomic E-state index is 11.4. The van der Waals surface area contributed by atoms with Crippen molar-refractivity contribution in [3.05, 3.63) is 0 Å². The van der Waals surface area contributed by atoms with Crippen LogP contribution in [0.2, 0.25) is 0 Å². The number of hydrogen-bond acceptors (Lipinski definition) is 5. The van der Waals surface area contributed by atoms with Crippen molar-refractivity contribution in [1.29, 1.82) is 0 Å². The lowest BCUT2D eigenvalue weighted by molar-refractivity contribution is -0.313. The van der Waals surface area contributed by atoms with Crippen LogP contribution >= 0.6 is 0 Å². The first-order valence-electron chi connectivity index (χ1n) is 4.53. The van der Waals surface area contributed by atoms with E-state index >= 15 is 0 Å². The van der Waals surface area contributed by atoms with Crippen LogP contribution in [0.3, 0.4) is 0 Å². The van der Waals surface area contributed by atoms with E-state index in [0.717, 1.165) is 6.92 Å². The van der Waals surface area contributed by atoms with Gasteiger partial charge in [0.1, 0.15) is 0 Å². The molecular formula is C10H15O5-. The van der Waals surface area contributed by atoms with Crippen molar-refractivity contribution >= 4 is 17.7 Å². The summed E-state index contributed by atoms with van der Waals surface area (Å²) in [5, 5.41) is 10.8. The highest BCUT2D eigenvalue weighted by molar-refractivity contribution is 5.99. The second-order valence-electron chi connectivity index (χ2n) is 4.36. The molecule has 0 saturated heterocycles. The van der Waals surface area contributed by atoms with Gasteiger partial charge in [-0.1, -0.05) is 20.8 Å². The first-order chi connectivity index (χ1) is 6.66. The second kappa shape index (κ2) is 4.91. The van der Waals surface area contributed by atoms with E-state index in [-0.39, 0.29) is 0 Å². The summed E-state index contributed by atoms with van der Waals surface area (Å²) in [7, 11) is 0. The third-order valence-electron chi connectivity index (χ3n) is 1.84. The third-order valence-corrected chi connectivity index (χ3v) is 1.84. The molecule has 1 atom stereocenters. The summed E-state index contributed by atoms with van der Waals surface area (Å²) >= 11 is 0. The van der Waals surface area contributed by atoms with Gasteiger partial charge in [-0.2, -0.15) is 0 Å². The molecule has 0 aromatic heterocycles. The van der Waals surface area contributed by atoms with E-state index in [1.807, 2.05) is 0 Å². The standard InChI is InChI=1S/C10H16O5/c1-6(11)15-5-7(12)8(9(13)14)10(2,3)4/h8H,5H2,1-4H3,(H,13,14)/p-1. The van der Waals surface area contributed by atoms with E-state index in [0.29, 0.717) is 0 Å². The summed E-state index contributed by atoms with van der Waals surface area (Å²) in [6.07, 6.45) is 0. The number of aliphatic carboxylic acids is 1. The van der Waals surface area contributed by atoms with Crippen LogP contribution in [0.5, 0.6) is 0 Å². The van der Waals surface area contributed by atoms with Gasteiger partial charge in [0.15, 0.2) is 12.4 Å². The number of carboxylic acids is 1. The lowest BCUT2D eigenvalue weighted by Crippen LogP contribution is -2.45. The maximum absolute atomic E-state index is 11.4. The Hall–Kier alpha value is -1.39. The Morgan fingerprint density at radius 1 is 1.27 bits per heavy atom. The van der Waals surface area contributed by atoms with E-state index in [1.165, 1.54) is 0 Å². The average Bonchev–Trinajstić information content (AvgIpc) is 1.96. The van der Waals surface area contributed by atoms with Crippen molar-refractivity contribution in [2.75, 3.05) is 6.61 Å². The third kappa shape index (κ3) is 4.58. The molecular weight excluding hydrogens is 200 g/mol. The van der Waals surface area contributed by atoms with E-state index in [4.69, 9.17) is 0 Å². The summed E-state index contributed by atoms with van der Waals surface area (Å²) in [6, 6.07) is 0. The summed E-state index contributed by atoms with van der Waals surface area (Å²) < 4.78 is 4.45. The van der Waals surface area contributed by atoms with Gasteiger partial charge in [0.25, 0.3) is 0 Å². The zero-order chi connectivity index (χ0) is 12.2. The molecule has 0 aliphatic heterocycles. The van der Waals surface area contributed by atoms with Crippen LogP contribution in [-0.2, 0) is 19.1 Å². The van der Waals surface area contributed by atoms with Gasteiger partial charge >= 0.3 is 5.97 Å². The maximum Gasteiger partial charge on any atom is 0.303 e. The van der Waals surface area contributed by atoms with E-state index in [9.17, 15) is 19.5 Å². The fourth-order valence-electron chi connectivity index (χ4n) is 1.22. The van der Waals surface area contributed by atoms with Gasteiger partial charge in [0, 0.05) is 6.92 Å². The van der Waals surface area contributed by atoms with Gasteiger partial charge in [-0.25, -0.2) is 0 Å². The Morgan fingerprint density at radius 3 is 2.00 bits per heavy atom. The Labute approximate surface area is 88.4 Å². The summed E-state index contributed by atoms with van der Waals surface area (Å²) in [5.74, 6) is -3.98. The molecule has 0 spiro atoms. The first-order valence-corrected chi connectivity index (χ1v) is 4.53. The number of ether oxygens (including phenoxy) is 1. The number of esters is 1. The molecule has 0 heterocycles. The van der Waals surface area contributed by atoms with Crippen molar-refractivity contribution in [3.8, 4) is 0 Å². The Kier molecular flexibility index (Phi) is 4.45. The fraction of sp³-hybridized carbons (Fsp3) is 0.700. The number of rotatable bonds is 4. The van der Waals surface area contributed by atoms with Crippen molar-refractivity contribution in [3.63, 3.8) is 0 Å². The van der Waals surface area contributed by atoms with Crippen molar-refractivity contribution in [1.82, 2.24) is 0 Å². The highest BCUT2D eigenvalue weighted by atomic mass is 16.5. The van der Waals surface area contributed by atoms with Crippen LogP contribution in [0.4, 0.5) is 0 Å². The monoisotopic (exact) mass is 215 g/mol. The van der Waals surface area contributed by atoms with Crippen LogP contribution in [0.25, 0.3) is 0 Å². The predicted molar refractivity (Wildman–Crippen MR) is 49.6 cm³/mol. The van der Waals surface area contributed by atoms with Gasteiger partial charge in [0.05, 0.1) is 11.9 Å². The van der Waals surface area contributed by atoms with Crippen LogP contribution in [-0.4, -0.2) is 24.3 Å². The molecule has 0 saturated carbocycles. The molecule has 5 heteroatoms. The highest BCUT2D eigenvalue weighted by Gasteiger charge is 2.32. The number of carboxylic acid groups (broad SMARTS) is 1. The largest absolute Gasteiger partial charge is 0.549 e. The van der Waals surface area contributed by atoms with Crippen LogP contribution in [0.1, 0.15) is 27.7 Å². The molecule has 0 bridgehead atoms. The van der Waals surface area contributed by atoms with Gasteiger partial charge in [0.2, 0.25) is 0 Å². The minimum absolute atomic E-state index is 0.523. The number of hydrogen-bond donors (Lipinski definition) is 0. The molecule has 0 aliphatic carbocycles. The van der Waals surface area contributed by atoms with Gasteiger partial charge in [-0.05, 0) is 5.41 Å². The molecule has 15 heavy (non-hydrogen) atoms. The molecule has 0 fully saturated rings. The predicted octanol–water partition coefficient (Wildman–Crippen LogP) is -0.469. The molecule has 0 N–H and O–H groups in total. The average molecular weight is 215 g/mol. The van der Waals surface area contributed by atoms with E-state index in [2.05, 4.69) is 4.74 Å². The molecule has 0 radical (unpaired) electrons. The Balaban J connectivity index is 4.59. The minimum Gasteiger partial charge on any atom is -0.549 e. The molecule has 0 amide bonds. The number of ketones is 1. The fourth-order valence-corrected chi connectivity index (χ4v) is 1.22. The number of carbonyl (C=O) groups is 3. The summed E-state index contributed by atoms with van der Waals surface area (Å²) in [4.78, 5) is 32.7. The quantitative estimate of drug-likeness (QED) is 0.467. The van der Waals surface area contributed by atoms with E-state index in [1.54, 1.807) is 20.8 Å². The zero-order valence-electron chi connectivity index (χ0n) is 9.33. The zero-order valence-corrected chi connectivity index (χ0v) is 9.33.